The third kappa shape index (κ3) is 2.86. The van der Waals surface area contributed by atoms with Gasteiger partial charge in [-0.15, -0.1) is 0 Å². The van der Waals surface area contributed by atoms with Crippen molar-refractivity contribution in [2.75, 3.05) is 6.54 Å². The van der Waals surface area contributed by atoms with E-state index in [-0.39, 0.29) is 0 Å². The SMILES string of the molecule is CCCC[C@@H]1C=CCN1Cc1cnn2c(C)cc(C)nc12. The maximum absolute atomic E-state index is 4.68. The van der Waals surface area contributed by atoms with Crippen LogP contribution in [-0.2, 0) is 6.54 Å². The van der Waals surface area contributed by atoms with Crippen molar-refractivity contribution >= 4 is 5.65 Å². The Kier molecular flexibility index (Phi) is 4.06. The first-order valence-corrected chi connectivity index (χ1v) is 7.90. The van der Waals surface area contributed by atoms with E-state index in [0.717, 1.165) is 30.1 Å². The van der Waals surface area contributed by atoms with Crippen LogP contribution >= 0.6 is 0 Å². The summed E-state index contributed by atoms with van der Waals surface area (Å²) in [7, 11) is 0. The number of aromatic nitrogens is 3. The molecule has 4 heteroatoms. The minimum Gasteiger partial charge on any atom is -0.289 e. The first-order chi connectivity index (χ1) is 10.2. The van der Waals surface area contributed by atoms with Crippen LogP contribution in [0.3, 0.4) is 0 Å². The van der Waals surface area contributed by atoms with E-state index in [9.17, 15) is 0 Å². The van der Waals surface area contributed by atoms with E-state index in [0.29, 0.717) is 6.04 Å². The Labute approximate surface area is 126 Å². The molecule has 0 spiro atoms. The molecular formula is C17H24N4. The highest BCUT2D eigenvalue weighted by atomic mass is 15.3. The fourth-order valence-corrected chi connectivity index (χ4v) is 3.13. The molecule has 4 nitrogen and oxygen atoms in total. The fourth-order valence-electron chi connectivity index (χ4n) is 3.13. The highest BCUT2D eigenvalue weighted by Crippen LogP contribution is 2.21. The zero-order chi connectivity index (χ0) is 14.8. The molecule has 2 aromatic heterocycles. The molecule has 1 aliphatic rings. The smallest absolute Gasteiger partial charge is 0.159 e. The molecule has 0 aromatic carbocycles. The average Bonchev–Trinajstić information content (AvgIpc) is 3.05. The normalized spacial score (nSPS) is 18.9. The van der Waals surface area contributed by atoms with Crippen LogP contribution < -0.4 is 0 Å². The molecule has 112 valence electrons. The number of unbranched alkanes of at least 4 members (excludes halogenated alkanes) is 1. The molecule has 0 saturated heterocycles. The first-order valence-electron chi connectivity index (χ1n) is 7.90. The van der Waals surface area contributed by atoms with Crippen molar-refractivity contribution in [2.45, 2.75) is 52.6 Å². The summed E-state index contributed by atoms with van der Waals surface area (Å²) in [4.78, 5) is 7.20. The molecule has 0 saturated carbocycles. The van der Waals surface area contributed by atoms with Crippen LogP contribution in [0, 0.1) is 13.8 Å². The molecule has 1 atom stereocenters. The van der Waals surface area contributed by atoms with E-state index < -0.39 is 0 Å². The van der Waals surface area contributed by atoms with Gasteiger partial charge in [0.25, 0.3) is 0 Å². The lowest BCUT2D eigenvalue weighted by molar-refractivity contribution is 0.250. The van der Waals surface area contributed by atoms with Crippen molar-refractivity contribution < 1.29 is 0 Å². The lowest BCUT2D eigenvalue weighted by atomic mass is 10.1. The Hall–Kier alpha value is -1.68. The van der Waals surface area contributed by atoms with Gasteiger partial charge in [-0.25, -0.2) is 9.50 Å². The molecule has 0 bridgehead atoms. The second-order valence-corrected chi connectivity index (χ2v) is 6.01. The largest absolute Gasteiger partial charge is 0.289 e. The quantitative estimate of drug-likeness (QED) is 0.790. The standard InChI is InChI=1S/C17H24N4/c1-4-5-7-16-8-6-9-20(16)12-15-11-18-21-14(3)10-13(2)19-17(15)21/h6,8,10-11,16H,4-5,7,9,12H2,1-3H3/t16-/m1/s1. The van der Waals surface area contributed by atoms with E-state index in [1.54, 1.807) is 0 Å². The Morgan fingerprint density at radius 2 is 2.19 bits per heavy atom. The van der Waals surface area contributed by atoms with Gasteiger partial charge in [0.05, 0.1) is 6.20 Å². The zero-order valence-corrected chi connectivity index (χ0v) is 13.2. The average molecular weight is 284 g/mol. The third-order valence-electron chi connectivity index (χ3n) is 4.25. The summed E-state index contributed by atoms with van der Waals surface area (Å²) in [5.41, 5.74) is 4.44. The van der Waals surface area contributed by atoms with Crippen molar-refractivity contribution in [1.29, 1.82) is 0 Å². The van der Waals surface area contributed by atoms with Gasteiger partial charge >= 0.3 is 0 Å². The third-order valence-corrected chi connectivity index (χ3v) is 4.25. The van der Waals surface area contributed by atoms with Crippen LogP contribution in [0.25, 0.3) is 5.65 Å². The van der Waals surface area contributed by atoms with Gasteiger partial charge in [0.1, 0.15) is 0 Å². The van der Waals surface area contributed by atoms with Crippen LogP contribution in [-0.4, -0.2) is 32.1 Å². The van der Waals surface area contributed by atoms with Crippen molar-refractivity contribution in [2.24, 2.45) is 0 Å². The van der Waals surface area contributed by atoms with E-state index in [1.807, 2.05) is 17.6 Å². The maximum Gasteiger partial charge on any atom is 0.159 e. The topological polar surface area (TPSA) is 33.4 Å². The molecule has 0 aliphatic carbocycles. The zero-order valence-electron chi connectivity index (χ0n) is 13.2. The van der Waals surface area contributed by atoms with Gasteiger partial charge in [0.15, 0.2) is 5.65 Å². The minimum absolute atomic E-state index is 0.575. The fraction of sp³-hybridized carbons (Fsp3) is 0.529. The van der Waals surface area contributed by atoms with Crippen LogP contribution in [0.1, 0.15) is 43.1 Å². The van der Waals surface area contributed by atoms with E-state index in [2.05, 4.69) is 47.0 Å². The molecule has 0 unspecified atom stereocenters. The summed E-state index contributed by atoms with van der Waals surface area (Å²) < 4.78 is 1.95. The van der Waals surface area contributed by atoms with E-state index >= 15 is 0 Å². The Balaban J connectivity index is 1.82. The first kappa shape index (κ1) is 14.3. The summed E-state index contributed by atoms with van der Waals surface area (Å²) in [6.07, 6.45) is 10.4. The lowest BCUT2D eigenvalue weighted by Gasteiger charge is -2.23. The Morgan fingerprint density at radius 1 is 1.33 bits per heavy atom. The Morgan fingerprint density at radius 3 is 3.00 bits per heavy atom. The van der Waals surface area contributed by atoms with Gasteiger partial charge < -0.3 is 0 Å². The van der Waals surface area contributed by atoms with Crippen molar-refractivity contribution in [3.05, 3.63) is 41.4 Å². The van der Waals surface area contributed by atoms with Crippen molar-refractivity contribution in [3.8, 4) is 0 Å². The van der Waals surface area contributed by atoms with Crippen LogP contribution in [0.5, 0.6) is 0 Å². The minimum atomic E-state index is 0.575. The monoisotopic (exact) mass is 284 g/mol. The molecule has 0 fully saturated rings. The molecule has 3 heterocycles. The summed E-state index contributed by atoms with van der Waals surface area (Å²) in [6.45, 7) is 8.35. The van der Waals surface area contributed by atoms with Gasteiger partial charge in [0.2, 0.25) is 0 Å². The predicted molar refractivity (Wildman–Crippen MR) is 85.3 cm³/mol. The van der Waals surface area contributed by atoms with Crippen molar-refractivity contribution in [1.82, 2.24) is 19.5 Å². The summed E-state index contributed by atoms with van der Waals surface area (Å²) in [5, 5.41) is 4.50. The highest BCUT2D eigenvalue weighted by molar-refractivity contribution is 5.48. The van der Waals surface area contributed by atoms with Crippen LogP contribution in [0.15, 0.2) is 24.4 Å². The van der Waals surface area contributed by atoms with Gasteiger partial charge in [-0.05, 0) is 26.3 Å². The van der Waals surface area contributed by atoms with Gasteiger partial charge in [-0.3, -0.25) is 4.90 Å². The molecule has 0 radical (unpaired) electrons. The number of hydrogen-bond acceptors (Lipinski definition) is 3. The maximum atomic E-state index is 4.68. The predicted octanol–water partition coefficient (Wildman–Crippen LogP) is 3.28. The molecule has 1 aliphatic heterocycles. The number of fused-ring (bicyclic) bond motifs is 1. The number of rotatable bonds is 5. The summed E-state index contributed by atoms with van der Waals surface area (Å²) in [5.74, 6) is 0. The molecule has 3 rings (SSSR count). The summed E-state index contributed by atoms with van der Waals surface area (Å²) in [6, 6.07) is 2.65. The highest BCUT2D eigenvalue weighted by Gasteiger charge is 2.21. The molecule has 0 N–H and O–H groups in total. The van der Waals surface area contributed by atoms with Crippen LogP contribution in [0.2, 0.25) is 0 Å². The van der Waals surface area contributed by atoms with Gasteiger partial charge in [0, 0.05) is 36.1 Å². The number of aryl methyl sites for hydroxylation is 2. The van der Waals surface area contributed by atoms with Gasteiger partial charge in [-0.1, -0.05) is 31.9 Å². The lowest BCUT2D eigenvalue weighted by Crippen LogP contribution is -2.29. The van der Waals surface area contributed by atoms with Crippen molar-refractivity contribution in [3.63, 3.8) is 0 Å². The van der Waals surface area contributed by atoms with E-state index in [4.69, 9.17) is 0 Å². The van der Waals surface area contributed by atoms with E-state index in [1.165, 1.54) is 24.8 Å². The van der Waals surface area contributed by atoms with Gasteiger partial charge in [-0.2, -0.15) is 5.10 Å². The second-order valence-electron chi connectivity index (χ2n) is 6.01. The second kappa shape index (κ2) is 5.98. The molecule has 2 aromatic rings. The summed E-state index contributed by atoms with van der Waals surface area (Å²) >= 11 is 0. The molecule has 21 heavy (non-hydrogen) atoms. The Bertz CT molecular complexity index is 656. The number of hydrogen-bond donors (Lipinski definition) is 0. The van der Waals surface area contributed by atoms with Crippen LogP contribution in [0.4, 0.5) is 0 Å². The molecule has 0 amide bonds. The molecular weight excluding hydrogens is 260 g/mol. The number of nitrogens with zero attached hydrogens (tertiary/aromatic N) is 4.